The molecule has 0 radical (unpaired) electrons. The number of carbonyl (C=O) groups excluding carboxylic acids is 3. The van der Waals surface area contributed by atoms with Gasteiger partial charge in [-0.1, -0.05) is 91.9 Å². The van der Waals surface area contributed by atoms with Gasteiger partial charge in [0.25, 0.3) is 5.91 Å². The van der Waals surface area contributed by atoms with Crippen LogP contribution < -0.4 is 4.90 Å². The second-order valence-corrected chi connectivity index (χ2v) is 14.1. The topological polar surface area (TPSA) is 90.4 Å². The molecule has 3 fully saturated rings. The Kier molecular flexibility index (Phi) is 10.1. The number of hydrogen-bond donors (Lipinski definition) is 1. The summed E-state index contributed by atoms with van der Waals surface area (Å²) < 4.78 is 7.14. The molecule has 8 nitrogen and oxygen atoms in total. The molecule has 6 atom stereocenters. The van der Waals surface area contributed by atoms with Crippen LogP contribution in [0.3, 0.4) is 0 Å². The van der Waals surface area contributed by atoms with Crippen LogP contribution in [0.1, 0.15) is 48.4 Å². The highest BCUT2D eigenvalue weighted by Gasteiger charge is 2.79. The zero-order valence-corrected chi connectivity index (χ0v) is 29.5. The number of aryl methyl sites for hydroxylation is 2. The lowest BCUT2D eigenvalue weighted by atomic mass is 9.64. The van der Waals surface area contributed by atoms with E-state index in [1.807, 2.05) is 99.6 Å². The normalized spacial score (nSPS) is 25.6. The largest absolute Gasteiger partial charge is 0.394 e. The fourth-order valence-corrected chi connectivity index (χ4v) is 8.82. The van der Waals surface area contributed by atoms with E-state index in [9.17, 15) is 9.90 Å². The molecule has 3 heterocycles. The minimum absolute atomic E-state index is 0.176. The highest BCUT2D eigenvalue weighted by atomic mass is 16.5. The third kappa shape index (κ3) is 5.98. The summed E-state index contributed by atoms with van der Waals surface area (Å²) in [5.41, 5.74) is 2.38. The van der Waals surface area contributed by atoms with Gasteiger partial charge in [-0.3, -0.25) is 14.4 Å². The van der Waals surface area contributed by atoms with Crippen molar-refractivity contribution < 1.29 is 24.2 Å². The summed E-state index contributed by atoms with van der Waals surface area (Å²) in [5, 5.41) is 11.0. The van der Waals surface area contributed by atoms with E-state index in [-0.39, 0.29) is 30.9 Å². The highest BCUT2D eigenvalue weighted by molar-refractivity contribution is 6.05. The minimum Gasteiger partial charge on any atom is -0.394 e. The van der Waals surface area contributed by atoms with Gasteiger partial charge in [0.15, 0.2) is 0 Å². The summed E-state index contributed by atoms with van der Waals surface area (Å²) in [6.07, 6.45) is 5.25. The molecular weight excluding hydrogens is 626 g/mol. The van der Waals surface area contributed by atoms with E-state index >= 15 is 9.59 Å². The van der Waals surface area contributed by atoms with Gasteiger partial charge >= 0.3 is 0 Å². The summed E-state index contributed by atoms with van der Waals surface area (Å²) in [4.78, 5) is 50.4. The first-order chi connectivity index (χ1) is 24.1. The summed E-state index contributed by atoms with van der Waals surface area (Å²) in [6, 6.07) is 23.6. The molecule has 262 valence electrons. The van der Waals surface area contributed by atoms with E-state index in [0.717, 1.165) is 27.9 Å². The number of nitrogens with zero attached hydrogens (tertiary/aromatic N) is 3. The Morgan fingerprint density at radius 2 is 1.62 bits per heavy atom. The first kappa shape index (κ1) is 35.3. The van der Waals surface area contributed by atoms with Crippen molar-refractivity contribution in [2.45, 2.75) is 76.3 Å². The minimum atomic E-state index is -1.25. The molecule has 1 spiro atoms. The Bertz CT molecular complexity index is 1740. The van der Waals surface area contributed by atoms with Crippen molar-refractivity contribution in [1.29, 1.82) is 0 Å². The maximum atomic E-state index is 15.3. The Labute approximate surface area is 296 Å². The van der Waals surface area contributed by atoms with Crippen LogP contribution in [-0.2, 0) is 32.1 Å². The first-order valence-corrected chi connectivity index (χ1v) is 17.7. The molecule has 8 heteroatoms. The van der Waals surface area contributed by atoms with Crippen LogP contribution in [0, 0.1) is 25.7 Å². The van der Waals surface area contributed by atoms with Gasteiger partial charge in [0.1, 0.15) is 11.6 Å². The number of likely N-dealkylation sites (tertiary alicyclic amines) is 1. The van der Waals surface area contributed by atoms with Crippen molar-refractivity contribution in [2.75, 3.05) is 24.6 Å². The molecule has 0 saturated carbocycles. The average molecular weight is 676 g/mol. The molecule has 3 aliphatic heterocycles. The van der Waals surface area contributed by atoms with Crippen LogP contribution in [-0.4, -0.2) is 75.6 Å². The molecule has 2 bridgehead atoms. The summed E-state index contributed by atoms with van der Waals surface area (Å²) in [7, 11) is 0. The fraction of sp³-hybridized carbons (Fsp3) is 0.405. The zero-order valence-electron chi connectivity index (χ0n) is 29.5. The third-order valence-electron chi connectivity index (χ3n) is 11.1. The van der Waals surface area contributed by atoms with Crippen molar-refractivity contribution in [2.24, 2.45) is 11.8 Å². The number of hydrogen-bond acceptors (Lipinski definition) is 5. The van der Waals surface area contributed by atoms with Crippen LogP contribution in [0.5, 0.6) is 0 Å². The van der Waals surface area contributed by atoms with Gasteiger partial charge in [0.05, 0.1) is 30.1 Å². The molecule has 3 aromatic carbocycles. The van der Waals surface area contributed by atoms with E-state index in [1.54, 1.807) is 26.9 Å². The highest BCUT2D eigenvalue weighted by Crippen LogP contribution is 2.65. The molecule has 1 N–H and O–H groups in total. The van der Waals surface area contributed by atoms with E-state index < -0.39 is 35.1 Å². The molecule has 2 unspecified atom stereocenters. The number of rotatable bonds is 14. The summed E-state index contributed by atoms with van der Waals surface area (Å²) in [5.74, 6) is -2.49. The van der Waals surface area contributed by atoms with Gasteiger partial charge in [-0.05, 0) is 67.9 Å². The van der Waals surface area contributed by atoms with Gasteiger partial charge in [-0.25, -0.2) is 0 Å². The lowest BCUT2D eigenvalue weighted by molar-refractivity contribution is -0.153. The lowest BCUT2D eigenvalue weighted by Crippen LogP contribution is -2.59. The number of carbonyl (C=O) groups is 3. The van der Waals surface area contributed by atoms with Crippen LogP contribution in [0.4, 0.5) is 5.69 Å². The maximum absolute atomic E-state index is 15.3. The van der Waals surface area contributed by atoms with Crippen molar-refractivity contribution in [3.63, 3.8) is 0 Å². The van der Waals surface area contributed by atoms with E-state index in [0.29, 0.717) is 38.8 Å². The van der Waals surface area contributed by atoms with Crippen molar-refractivity contribution >= 4 is 23.4 Å². The van der Waals surface area contributed by atoms with E-state index in [1.165, 1.54) is 0 Å². The number of benzene rings is 3. The maximum Gasteiger partial charge on any atom is 0.253 e. The molecule has 0 aliphatic carbocycles. The number of fused-ring (bicyclic) bond motifs is 1. The van der Waals surface area contributed by atoms with Crippen LogP contribution in [0.25, 0.3) is 0 Å². The average Bonchev–Trinajstić information content (AvgIpc) is 3.74. The van der Waals surface area contributed by atoms with Gasteiger partial charge in [0.2, 0.25) is 11.8 Å². The van der Waals surface area contributed by atoms with Crippen LogP contribution in [0.15, 0.2) is 104 Å². The Balaban J connectivity index is 1.48. The summed E-state index contributed by atoms with van der Waals surface area (Å²) >= 11 is 0. The van der Waals surface area contributed by atoms with Crippen molar-refractivity contribution in [3.8, 4) is 0 Å². The summed E-state index contributed by atoms with van der Waals surface area (Å²) in [6.45, 7) is 14.4. The predicted molar refractivity (Wildman–Crippen MR) is 195 cm³/mol. The van der Waals surface area contributed by atoms with Crippen LogP contribution in [0.2, 0.25) is 0 Å². The Morgan fingerprint density at radius 3 is 2.24 bits per heavy atom. The number of amides is 3. The van der Waals surface area contributed by atoms with Crippen LogP contribution >= 0.6 is 0 Å². The van der Waals surface area contributed by atoms with Crippen molar-refractivity contribution in [1.82, 2.24) is 9.80 Å². The van der Waals surface area contributed by atoms with Gasteiger partial charge in [-0.2, -0.15) is 0 Å². The number of aliphatic hydroxyl groups excluding tert-OH is 1. The number of ether oxygens (including phenoxy) is 1. The number of anilines is 1. The molecule has 3 saturated heterocycles. The molecule has 0 aromatic heterocycles. The second kappa shape index (κ2) is 14.4. The van der Waals surface area contributed by atoms with Crippen molar-refractivity contribution in [3.05, 3.63) is 126 Å². The first-order valence-electron chi connectivity index (χ1n) is 17.7. The van der Waals surface area contributed by atoms with Gasteiger partial charge in [-0.15, -0.1) is 13.2 Å². The molecule has 3 aliphatic rings. The fourth-order valence-electron chi connectivity index (χ4n) is 8.82. The van der Waals surface area contributed by atoms with Gasteiger partial charge in [0, 0.05) is 25.3 Å². The lowest BCUT2D eigenvalue weighted by Gasteiger charge is -2.40. The molecular formula is C42H49N3O5. The Morgan fingerprint density at radius 1 is 0.960 bits per heavy atom. The third-order valence-corrected chi connectivity index (χ3v) is 11.1. The predicted octanol–water partition coefficient (Wildman–Crippen LogP) is 5.80. The second-order valence-electron chi connectivity index (χ2n) is 14.1. The van der Waals surface area contributed by atoms with Gasteiger partial charge < -0.3 is 24.5 Å². The zero-order chi connectivity index (χ0) is 35.6. The molecule has 3 amide bonds. The Hall–Kier alpha value is -4.53. The molecule has 3 aromatic rings. The smallest absolute Gasteiger partial charge is 0.253 e. The molecule has 6 rings (SSSR count). The van der Waals surface area contributed by atoms with E-state index in [2.05, 4.69) is 13.2 Å². The quantitative estimate of drug-likeness (QED) is 0.219. The monoisotopic (exact) mass is 675 g/mol. The standard InChI is InChI=1S/C42H49N3O5/c1-6-23-43(27-32-17-13-10-14-18-32)38(47)35-36-39(48)45(33(28-46)26-31-15-11-9-12-16-31)37(42(36)22-21-41(35,8-3)50-42)40(49)44(24-7-2)34-25-29(4)19-20-30(34)5/h6-7,9-20,25,33,35-37,46H,1-2,8,21-24,26-28H2,3-5H3/t33-,35+,36+,37?,41-,42?/m1/s1. The number of aliphatic hydroxyl groups is 1. The van der Waals surface area contributed by atoms with E-state index in [4.69, 9.17) is 4.74 Å². The SMILES string of the molecule is C=CCN(Cc1ccccc1)C(=O)[C@@H]1[C@H]2C(=O)N([C@@H](CO)Cc3ccccc3)C(C(=O)N(CC=C)c3cc(C)ccc3C)C23CC[C@@]1(CC)O3. The molecule has 50 heavy (non-hydrogen) atoms.